The van der Waals surface area contributed by atoms with Crippen molar-refractivity contribution in [2.24, 2.45) is 0 Å². The van der Waals surface area contributed by atoms with Gasteiger partial charge in [0.05, 0.1) is 4.21 Å². The molecular formula is C4H3NO2S2. The Balaban J connectivity index is 3.22. The molecule has 0 aliphatic carbocycles. The van der Waals surface area contributed by atoms with Crippen LogP contribution in [0.1, 0.15) is 10.4 Å². The summed E-state index contributed by atoms with van der Waals surface area (Å²) < 4.78 is 3.92. The number of nitrogens with zero attached hydrogens (tertiary/aromatic N) is 1. The molecule has 0 atom stereocenters. The van der Waals surface area contributed by atoms with Crippen molar-refractivity contribution in [2.45, 2.75) is 4.21 Å². The predicted molar refractivity (Wildman–Crippen MR) is 36.4 cm³/mol. The van der Waals surface area contributed by atoms with E-state index >= 15 is 0 Å². The Morgan fingerprint density at radius 1 is 1.78 bits per heavy atom. The van der Waals surface area contributed by atoms with Crippen molar-refractivity contribution >= 4 is 30.4 Å². The summed E-state index contributed by atoms with van der Waals surface area (Å²) in [5, 5.41) is 8.75. The number of aromatic nitrogens is 1. The average molecular weight is 161 g/mol. The molecule has 0 unspecified atom stereocenters. The molecule has 0 saturated heterocycles. The number of thiol groups is 1. The van der Waals surface area contributed by atoms with Crippen LogP contribution in [0.15, 0.2) is 4.21 Å². The molecule has 3 nitrogen and oxygen atoms in total. The fraction of sp³-hybridized carbons (Fsp3) is 0. The number of rotatable bonds is 1. The van der Waals surface area contributed by atoms with Crippen molar-refractivity contribution in [1.29, 1.82) is 0 Å². The minimum Gasteiger partial charge on any atom is -0.492 e. The third-order valence-electron chi connectivity index (χ3n) is 0.808. The maximum atomic E-state index is 10.1. The Kier molecular flexibility index (Phi) is 1.73. The zero-order valence-corrected chi connectivity index (χ0v) is 5.95. The van der Waals surface area contributed by atoms with Crippen LogP contribution in [-0.4, -0.2) is 15.8 Å². The second-order valence-corrected chi connectivity index (χ2v) is 2.87. The molecule has 0 fully saturated rings. The molecule has 1 aromatic rings. The van der Waals surface area contributed by atoms with Gasteiger partial charge < -0.3 is 5.11 Å². The molecule has 0 aromatic carbocycles. The zero-order valence-electron chi connectivity index (χ0n) is 4.24. The third-order valence-corrected chi connectivity index (χ3v) is 1.95. The van der Waals surface area contributed by atoms with Crippen LogP contribution >= 0.6 is 24.2 Å². The van der Waals surface area contributed by atoms with Crippen LogP contribution in [0.2, 0.25) is 0 Å². The molecule has 1 rings (SSSR count). The molecule has 0 amide bonds. The predicted octanol–water partition coefficient (Wildman–Crippen LogP) is 0.950. The lowest BCUT2D eigenvalue weighted by Gasteiger charge is -1.81. The van der Waals surface area contributed by atoms with Crippen molar-refractivity contribution in [2.75, 3.05) is 0 Å². The second kappa shape index (κ2) is 2.36. The lowest BCUT2D eigenvalue weighted by Crippen LogP contribution is -1.74. The van der Waals surface area contributed by atoms with Crippen LogP contribution in [0.25, 0.3) is 0 Å². The lowest BCUT2D eigenvalue weighted by atomic mass is 10.4. The van der Waals surface area contributed by atoms with Crippen molar-refractivity contribution < 1.29 is 9.90 Å². The maximum Gasteiger partial charge on any atom is 0.234 e. The minimum absolute atomic E-state index is 0.170. The van der Waals surface area contributed by atoms with Crippen LogP contribution < -0.4 is 0 Å². The molecular weight excluding hydrogens is 158 g/mol. The van der Waals surface area contributed by atoms with Crippen LogP contribution in [0, 0.1) is 0 Å². The highest BCUT2D eigenvalue weighted by Gasteiger charge is 2.07. The topological polar surface area (TPSA) is 50.2 Å². The minimum atomic E-state index is -0.236. The number of hydrogen-bond acceptors (Lipinski definition) is 5. The Hall–Kier alpha value is -0.550. The molecule has 0 saturated carbocycles. The van der Waals surface area contributed by atoms with E-state index in [1.54, 1.807) is 0 Å². The summed E-state index contributed by atoms with van der Waals surface area (Å²) >= 11 is 4.85. The van der Waals surface area contributed by atoms with E-state index in [9.17, 15) is 4.79 Å². The summed E-state index contributed by atoms with van der Waals surface area (Å²) in [5.41, 5.74) is 0.170. The molecule has 0 spiro atoms. The molecule has 9 heavy (non-hydrogen) atoms. The van der Waals surface area contributed by atoms with Crippen LogP contribution in [-0.2, 0) is 0 Å². The fourth-order valence-electron chi connectivity index (χ4n) is 0.384. The number of carbonyl (C=O) groups excluding carboxylic acids is 1. The first-order chi connectivity index (χ1) is 4.25. The maximum absolute atomic E-state index is 10.1. The van der Waals surface area contributed by atoms with Crippen molar-refractivity contribution in [3.8, 4) is 5.88 Å². The quantitative estimate of drug-likeness (QED) is 0.476. The van der Waals surface area contributed by atoms with E-state index in [4.69, 9.17) is 5.11 Å². The first-order valence-electron chi connectivity index (χ1n) is 2.08. The zero-order chi connectivity index (χ0) is 6.85. The van der Waals surface area contributed by atoms with Crippen molar-refractivity contribution in [1.82, 2.24) is 4.37 Å². The Morgan fingerprint density at radius 2 is 2.44 bits per heavy atom. The largest absolute Gasteiger partial charge is 0.492 e. The average Bonchev–Trinajstić information content (AvgIpc) is 2.12. The standard InChI is InChI=1S/C4H3NO2S2/c6-1-2-3(7)5-9-4(2)8/h1,8H,(H,5,7). The lowest BCUT2D eigenvalue weighted by molar-refractivity contribution is 0.111. The van der Waals surface area contributed by atoms with Gasteiger partial charge in [0.2, 0.25) is 5.88 Å². The first kappa shape index (κ1) is 6.57. The number of aromatic hydroxyl groups is 1. The molecule has 0 aliphatic heterocycles. The summed E-state index contributed by atoms with van der Waals surface area (Å²) in [6.07, 6.45) is 0.529. The summed E-state index contributed by atoms with van der Waals surface area (Å²) in [4.78, 5) is 10.1. The van der Waals surface area contributed by atoms with E-state index in [1.165, 1.54) is 0 Å². The van der Waals surface area contributed by atoms with Crippen LogP contribution in [0.4, 0.5) is 0 Å². The molecule has 0 aliphatic rings. The Labute approximate surface area is 60.9 Å². The van der Waals surface area contributed by atoms with Crippen molar-refractivity contribution in [3.05, 3.63) is 5.56 Å². The first-order valence-corrected chi connectivity index (χ1v) is 3.30. The van der Waals surface area contributed by atoms with Gasteiger partial charge in [0.25, 0.3) is 0 Å². The highest BCUT2D eigenvalue weighted by atomic mass is 32.2. The van der Waals surface area contributed by atoms with E-state index in [1.807, 2.05) is 0 Å². The van der Waals surface area contributed by atoms with Gasteiger partial charge in [-0.2, -0.15) is 4.37 Å². The Morgan fingerprint density at radius 3 is 2.67 bits per heavy atom. The van der Waals surface area contributed by atoms with Crippen molar-refractivity contribution in [3.63, 3.8) is 0 Å². The van der Waals surface area contributed by atoms with Gasteiger partial charge in [-0.25, -0.2) is 0 Å². The highest BCUT2D eigenvalue weighted by molar-refractivity contribution is 7.82. The number of aldehydes is 1. The van der Waals surface area contributed by atoms with Gasteiger partial charge in [0, 0.05) is 0 Å². The molecule has 48 valence electrons. The molecule has 0 radical (unpaired) electrons. The SMILES string of the molecule is O=Cc1c(O)nsc1S. The third kappa shape index (κ3) is 1.06. The molecule has 0 bridgehead atoms. The van der Waals surface area contributed by atoms with Gasteiger partial charge >= 0.3 is 0 Å². The monoisotopic (exact) mass is 161 g/mol. The highest BCUT2D eigenvalue weighted by Crippen LogP contribution is 2.24. The van der Waals surface area contributed by atoms with E-state index in [-0.39, 0.29) is 11.4 Å². The second-order valence-electron chi connectivity index (χ2n) is 1.34. The van der Waals surface area contributed by atoms with E-state index < -0.39 is 0 Å². The van der Waals surface area contributed by atoms with Gasteiger partial charge in [0.1, 0.15) is 5.56 Å². The van der Waals surface area contributed by atoms with Crippen LogP contribution in [0.5, 0.6) is 5.88 Å². The molecule has 5 heteroatoms. The number of carbonyl (C=O) groups is 1. The van der Waals surface area contributed by atoms with Gasteiger partial charge in [-0.05, 0) is 11.5 Å². The van der Waals surface area contributed by atoms with Gasteiger partial charge in [-0.1, -0.05) is 0 Å². The van der Waals surface area contributed by atoms with Gasteiger partial charge in [-0.3, -0.25) is 4.79 Å². The van der Waals surface area contributed by atoms with Crippen LogP contribution in [0.3, 0.4) is 0 Å². The fourth-order valence-corrected chi connectivity index (χ4v) is 1.17. The summed E-state index contributed by atoms with van der Waals surface area (Å²) in [5.74, 6) is -0.236. The summed E-state index contributed by atoms with van der Waals surface area (Å²) in [6.45, 7) is 0. The van der Waals surface area contributed by atoms with Gasteiger partial charge in [0.15, 0.2) is 6.29 Å². The van der Waals surface area contributed by atoms with E-state index in [0.29, 0.717) is 10.5 Å². The van der Waals surface area contributed by atoms with E-state index in [0.717, 1.165) is 11.5 Å². The molecule has 1 N–H and O–H groups in total. The summed E-state index contributed by atoms with van der Waals surface area (Å²) in [7, 11) is 0. The van der Waals surface area contributed by atoms with Gasteiger partial charge in [-0.15, -0.1) is 12.6 Å². The van der Waals surface area contributed by atoms with E-state index in [2.05, 4.69) is 17.0 Å². The smallest absolute Gasteiger partial charge is 0.234 e. The molecule has 1 heterocycles. The Bertz CT molecular complexity index is 213. The summed E-state index contributed by atoms with van der Waals surface area (Å²) in [6, 6.07) is 0. The molecule has 1 aromatic heterocycles. The normalized spacial score (nSPS) is 9.44. The number of hydrogen-bond donors (Lipinski definition) is 2.